The van der Waals surface area contributed by atoms with Gasteiger partial charge >= 0.3 is 0 Å². The number of fused-ring (bicyclic) bond motifs is 3. The minimum Gasteiger partial charge on any atom is -0.405 e. The van der Waals surface area contributed by atoms with Gasteiger partial charge in [-0.2, -0.15) is 0 Å². The molecule has 2 nitrogen and oxygen atoms in total. The van der Waals surface area contributed by atoms with Crippen molar-refractivity contribution >= 4 is 19.2 Å². The first-order valence-corrected chi connectivity index (χ1v) is 10.6. The number of para-hydroxylation sites is 1. The Morgan fingerprint density at radius 2 is 1.90 bits per heavy atom. The third kappa shape index (κ3) is 2.49. The van der Waals surface area contributed by atoms with Gasteiger partial charge in [-0.3, -0.25) is 0 Å². The number of benzene rings is 1. The fourth-order valence-corrected chi connectivity index (χ4v) is 3.84. The van der Waals surface area contributed by atoms with Gasteiger partial charge in [0.2, 0.25) is 0 Å². The first-order chi connectivity index (χ1) is 9.79. The highest BCUT2D eigenvalue weighted by Crippen LogP contribution is 2.41. The number of allylic oxidation sites excluding steroid dienone is 1. The molecule has 0 radical (unpaired) electrons. The normalized spacial score (nSPS) is 19.0. The van der Waals surface area contributed by atoms with Gasteiger partial charge in [0.1, 0.15) is 6.10 Å². The van der Waals surface area contributed by atoms with Crippen LogP contribution in [0.15, 0.2) is 42.5 Å². The van der Waals surface area contributed by atoms with E-state index < -0.39 is 8.32 Å². The van der Waals surface area contributed by atoms with E-state index in [1.165, 1.54) is 16.6 Å². The number of nitrogens with zero attached hydrogens (tertiary/aromatic N) is 1. The van der Waals surface area contributed by atoms with Gasteiger partial charge in [-0.1, -0.05) is 51.1 Å². The third-order valence-electron chi connectivity index (χ3n) is 4.96. The summed E-state index contributed by atoms with van der Waals surface area (Å²) in [6.07, 6.45) is 4.55. The molecule has 1 aromatic heterocycles. The maximum atomic E-state index is 6.63. The van der Waals surface area contributed by atoms with E-state index in [0.29, 0.717) is 0 Å². The first kappa shape index (κ1) is 14.6. The quantitative estimate of drug-likeness (QED) is 0.544. The standard InChI is InChI=1S/C18H25NOSi/c1-18(2,3)21(4,5)20-17-11-8-12-19-15-10-7-6-9-14(15)13-16(17)19/h6-11,13,17H,12H2,1-5H3. The summed E-state index contributed by atoms with van der Waals surface area (Å²) < 4.78 is 9.01. The molecular weight excluding hydrogens is 274 g/mol. The average molecular weight is 299 g/mol. The average Bonchev–Trinajstić information content (AvgIpc) is 2.77. The van der Waals surface area contributed by atoms with E-state index >= 15 is 0 Å². The van der Waals surface area contributed by atoms with Crippen molar-refractivity contribution in [2.75, 3.05) is 0 Å². The van der Waals surface area contributed by atoms with Crippen LogP contribution in [-0.2, 0) is 11.0 Å². The molecule has 0 spiro atoms. The van der Waals surface area contributed by atoms with Crippen LogP contribution in [0.25, 0.3) is 10.9 Å². The second kappa shape index (κ2) is 4.85. The fraction of sp³-hybridized carbons (Fsp3) is 0.444. The van der Waals surface area contributed by atoms with Crippen molar-refractivity contribution in [1.82, 2.24) is 4.57 Å². The van der Waals surface area contributed by atoms with Gasteiger partial charge in [-0.15, -0.1) is 0 Å². The molecule has 3 rings (SSSR count). The molecule has 1 aromatic carbocycles. The Bertz CT molecular complexity index is 691. The molecule has 0 saturated carbocycles. The molecule has 0 fully saturated rings. The molecule has 0 N–H and O–H groups in total. The summed E-state index contributed by atoms with van der Waals surface area (Å²) in [6, 6.07) is 10.9. The van der Waals surface area contributed by atoms with Gasteiger partial charge in [-0.25, -0.2) is 0 Å². The lowest BCUT2D eigenvalue weighted by Gasteiger charge is -2.39. The molecule has 21 heavy (non-hydrogen) atoms. The topological polar surface area (TPSA) is 14.2 Å². The maximum absolute atomic E-state index is 6.63. The second-order valence-corrected chi connectivity index (χ2v) is 12.2. The Morgan fingerprint density at radius 1 is 1.19 bits per heavy atom. The van der Waals surface area contributed by atoms with Crippen LogP contribution in [0.2, 0.25) is 18.1 Å². The zero-order chi connectivity index (χ0) is 15.3. The Morgan fingerprint density at radius 3 is 2.62 bits per heavy atom. The Labute approximate surface area is 128 Å². The van der Waals surface area contributed by atoms with Gasteiger partial charge in [-0.05, 0) is 35.7 Å². The van der Waals surface area contributed by atoms with Gasteiger partial charge in [0.05, 0.1) is 5.69 Å². The minimum atomic E-state index is -1.77. The number of hydrogen-bond acceptors (Lipinski definition) is 1. The lowest BCUT2D eigenvalue weighted by Crippen LogP contribution is -2.42. The largest absolute Gasteiger partial charge is 0.405 e. The van der Waals surface area contributed by atoms with Crippen molar-refractivity contribution in [3.8, 4) is 0 Å². The van der Waals surface area contributed by atoms with Gasteiger partial charge in [0.15, 0.2) is 8.32 Å². The Kier molecular flexibility index (Phi) is 3.38. The Balaban J connectivity index is 2.00. The highest BCUT2D eigenvalue weighted by molar-refractivity contribution is 6.74. The van der Waals surface area contributed by atoms with Crippen molar-refractivity contribution in [1.29, 1.82) is 0 Å². The summed E-state index contributed by atoms with van der Waals surface area (Å²) in [5.74, 6) is 0. The molecule has 0 bridgehead atoms. The van der Waals surface area contributed by atoms with Crippen LogP contribution in [0.1, 0.15) is 32.6 Å². The number of aromatic nitrogens is 1. The number of hydrogen-bond donors (Lipinski definition) is 0. The first-order valence-electron chi connectivity index (χ1n) is 7.72. The molecular formula is C18H25NOSi. The maximum Gasteiger partial charge on any atom is 0.193 e. The smallest absolute Gasteiger partial charge is 0.193 e. The van der Waals surface area contributed by atoms with E-state index in [9.17, 15) is 0 Å². The summed E-state index contributed by atoms with van der Waals surface area (Å²) in [7, 11) is -1.77. The van der Waals surface area contributed by atoms with Crippen molar-refractivity contribution in [2.45, 2.75) is 51.6 Å². The van der Waals surface area contributed by atoms with E-state index in [1.54, 1.807) is 0 Å². The summed E-state index contributed by atoms with van der Waals surface area (Å²) >= 11 is 0. The summed E-state index contributed by atoms with van der Waals surface area (Å²) in [5, 5.41) is 1.54. The van der Waals surface area contributed by atoms with Crippen LogP contribution >= 0.6 is 0 Å². The highest BCUT2D eigenvalue weighted by Gasteiger charge is 2.39. The molecule has 1 unspecified atom stereocenters. The molecule has 1 aliphatic rings. The van der Waals surface area contributed by atoms with Crippen molar-refractivity contribution in [2.24, 2.45) is 0 Å². The molecule has 1 aliphatic heterocycles. The highest BCUT2D eigenvalue weighted by atomic mass is 28.4. The van der Waals surface area contributed by atoms with Crippen molar-refractivity contribution in [3.05, 3.63) is 48.2 Å². The van der Waals surface area contributed by atoms with Crippen LogP contribution < -0.4 is 0 Å². The minimum absolute atomic E-state index is 0.0899. The Hall–Kier alpha value is -1.32. The fourth-order valence-electron chi connectivity index (χ4n) is 2.65. The van der Waals surface area contributed by atoms with Crippen LogP contribution in [0, 0.1) is 0 Å². The van der Waals surface area contributed by atoms with E-state index in [0.717, 1.165) is 6.54 Å². The van der Waals surface area contributed by atoms with Crippen molar-refractivity contribution < 1.29 is 4.43 Å². The van der Waals surface area contributed by atoms with E-state index in [1.807, 2.05) is 0 Å². The molecule has 2 heterocycles. The van der Waals surface area contributed by atoms with Gasteiger partial charge in [0.25, 0.3) is 0 Å². The summed E-state index contributed by atoms with van der Waals surface area (Å²) in [5.41, 5.74) is 2.60. The molecule has 2 aromatic rings. The SMILES string of the molecule is CC(C)(C)[Si](C)(C)OC1C=CCn2c1cc1ccccc12. The molecule has 3 heteroatoms. The predicted octanol–water partition coefficient (Wildman–Crippen LogP) is 5.27. The molecule has 112 valence electrons. The zero-order valence-corrected chi connectivity index (χ0v) is 14.7. The predicted molar refractivity (Wildman–Crippen MR) is 92.1 cm³/mol. The van der Waals surface area contributed by atoms with Gasteiger partial charge < -0.3 is 8.99 Å². The molecule has 0 amide bonds. The third-order valence-corrected chi connectivity index (χ3v) is 9.42. The molecule has 0 saturated heterocycles. The van der Waals surface area contributed by atoms with Crippen LogP contribution in [-0.4, -0.2) is 12.9 Å². The number of rotatable bonds is 2. The molecule has 1 atom stereocenters. The van der Waals surface area contributed by atoms with Crippen LogP contribution in [0.3, 0.4) is 0 Å². The van der Waals surface area contributed by atoms with Crippen LogP contribution in [0.5, 0.6) is 0 Å². The van der Waals surface area contributed by atoms with Crippen molar-refractivity contribution in [3.63, 3.8) is 0 Å². The van der Waals surface area contributed by atoms with Crippen LogP contribution in [0.4, 0.5) is 0 Å². The monoisotopic (exact) mass is 299 g/mol. The summed E-state index contributed by atoms with van der Waals surface area (Å²) in [6.45, 7) is 12.5. The summed E-state index contributed by atoms with van der Waals surface area (Å²) in [4.78, 5) is 0. The van der Waals surface area contributed by atoms with Gasteiger partial charge in [0, 0.05) is 12.1 Å². The second-order valence-electron chi connectivity index (χ2n) is 7.47. The lowest BCUT2D eigenvalue weighted by molar-refractivity contribution is 0.217. The zero-order valence-electron chi connectivity index (χ0n) is 13.7. The van der Waals surface area contributed by atoms with E-state index in [4.69, 9.17) is 4.43 Å². The lowest BCUT2D eigenvalue weighted by atomic mass is 10.2. The molecule has 0 aliphatic carbocycles. The van der Waals surface area contributed by atoms with E-state index in [2.05, 4.69) is 80.9 Å². The van der Waals surface area contributed by atoms with E-state index in [-0.39, 0.29) is 11.1 Å².